The van der Waals surface area contributed by atoms with Crippen molar-refractivity contribution in [2.75, 3.05) is 27.7 Å². The number of Topliss-reactive ketones (excluding diaryl/α,β-unsaturated/α-hetero) is 2. The van der Waals surface area contributed by atoms with Crippen LogP contribution in [0.25, 0.3) is 11.1 Å². The second-order valence-electron chi connectivity index (χ2n) is 12.6. The van der Waals surface area contributed by atoms with Crippen LogP contribution in [-0.2, 0) is 22.6 Å². The van der Waals surface area contributed by atoms with Crippen LogP contribution >= 0.6 is 0 Å². The number of phenols is 1. The summed E-state index contributed by atoms with van der Waals surface area (Å²) in [7, 11) is 5.51. The highest BCUT2D eigenvalue weighted by molar-refractivity contribution is 6.22. The van der Waals surface area contributed by atoms with E-state index < -0.39 is 58.4 Å². The largest absolute Gasteiger partial charge is 0.511 e. The van der Waals surface area contributed by atoms with E-state index in [0.29, 0.717) is 24.3 Å². The van der Waals surface area contributed by atoms with Crippen molar-refractivity contribution in [2.24, 2.45) is 29.4 Å². The van der Waals surface area contributed by atoms with Crippen LogP contribution in [0.3, 0.4) is 0 Å². The predicted octanol–water partition coefficient (Wildman–Crippen LogP) is 3.76. The van der Waals surface area contributed by atoms with Crippen LogP contribution in [0.4, 0.5) is 0 Å². The lowest BCUT2D eigenvalue weighted by Gasteiger charge is -2.46. The molecule has 4 atom stereocenters. The molecular weight excluding hydrogens is 534 g/mol. The maximum atomic E-state index is 14.0. The second-order valence-corrected chi connectivity index (χ2v) is 12.6. The monoisotopic (exact) mass is 573 g/mol. The molecule has 9 nitrogen and oxygen atoms in total. The van der Waals surface area contributed by atoms with E-state index in [4.69, 9.17) is 5.73 Å². The van der Waals surface area contributed by atoms with Gasteiger partial charge in [-0.25, -0.2) is 0 Å². The molecule has 5 N–H and O–H groups in total. The number of hydrogen-bond donors (Lipinski definition) is 4. The van der Waals surface area contributed by atoms with E-state index in [2.05, 4.69) is 37.9 Å². The van der Waals surface area contributed by atoms with Gasteiger partial charge in [-0.15, -0.1) is 0 Å². The van der Waals surface area contributed by atoms with Crippen molar-refractivity contribution in [3.05, 3.63) is 75.8 Å². The molecule has 3 aliphatic rings. The van der Waals surface area contributed by atoms with Crippen molar-refractivity contribution in [3.63, 3.8) is 0 Å². The Morgan fingerprint density at radius 2 is 1.76 bits per heavy atom. The number of hydrogen-bond acceptors (Lipinski definition) is 8. The Kier molecular flexibility index (Phi) is 7.76. The van der Waals surface area contributed by atoms with Gasteiger partial charge in [0.15, 0.2) is 11.6 Å². The number of nitrogens with zero attached hydrogens (tertiary/aromatic N) is 2. The van der Waals surface area contributed by atoms with Gasteiger partial charge in [-0.1, -0.05) is 38.1 Å². The molecule has 5 rings (SSSR count). The van der Waals surface area contributed by atoms with Gasteiger partial charge in [0.25, 0.3) is 5.91 Å². The Bertz CT molecular complexity index is 1540. The first kappa shape index (κ1) is 29.5. The molecule has 0 fully saturated rings. The highest BCUT2D eigenvalue weighted by Crippen LogP contribution is 2.51. The molecule has 0 saturated heterocycles. The highest BCUT2D eigenvalue weighted by atomic mass is 16.3. The lowest BCUT2D eigenvalue weighted by atomic mass is 9.60. The van der Waals surface area contributed by atoms with Crippen molar-refractivity contribution in [1.29, 1.82) is 0 Å². The summed E-state index contributed by atoms with van der Waals surface area (Å²) in [6.07, 6.45) is 0.668. The molecule has 0 aliphatic heterocycles. The number of carbonyl (C=O) groups excluding carboxylic acids is 3. The number of rotatable bonds is 7. The number of aliphatic hydroxyl groups excluding tert-OH is 2. The summed E-state index contributed by atoms with van der Waals surface area (Å²) >= 11 is 0. The zero-order valence-corrected chi connectivity index (χ0v) is 24.7. The average molecular weight is 574 g/mol. The third-order valence-corrected chi connectivity index (χ3v) is 8.82. The number of benzene rings is 2. The fourth-order valence-corrected chi connectivity index (χ4v) is 7.38. The highest BCUT2D eigenvalue weighted by Gasteiger charge is 2.54. The van der Waals surface area contributed by atoms with Crippen molar-refractivity contribution in [2.45, 2.75) is 39.3 Å². The standard InChI is InChI=1S/C33H39N3O6/c1-16(2)14-36(5)15-17-7-6-8-18(11-17)20-9-10-23(37)25-21(20)12-19-13-22-26(30(39)24(19)29(25)38)31(40)27(33(34)42)32(41)28(22)35(3)4/h6-11,16,19,22,26,28,37,39,41H,12-15H2,1-5H3,(H2,34,42). The molecule has 0 spiro atoms. The number of fused-ring (bicyclic) bond motifs is 3. The minimum absolute atomic E-state index is 0.0799. The van der Waals surface area contributed by atoms with Gasteiger partial charge in [0.2, 0.25) is 0 Å². The Balaban J connectivity index is 1.59. The minimum Gasteiger partial charge on any atom is -0.511 e. The molecular formula is C33H39N3O6. The number of amides is 1. The first-order chi connectivity index (χ1) is 19.8. The van der Waals surface area contributed by atoms with E-state index in [1.807, 2.05) is 18.2 Å². The van der Waals surface area contributed by atoms with Gasteiger partial charge in [-0.2, -0.15) is 0 Å². The summed E-state index contributed by atoms with van der Waals surface area (Å²) in [4.78, 5) is 43.5. The SMILES string of the molecule is CC(C)CN(C)Cc1cccc(-c2ccc(O)c3c2CC2CC4C(C(=O)C(C(N)=O)=C(O)C4N(C)C)C(O)=C2C3=O)c1. The topological polar surface area (TPSA) is 144 Å². The first-order valence-corrected chi connectivity index (χ1v) is 14.4. The lowest BCUT2D eigenvalue weighted by Crippen LogP contribution is -2.53. The summed E-state index contributed by atoms with van der Waals surface area (Å²) in [5.74, 6) is -5.10. The third kappa shape index (κ3) is 4.90. The molecule has 0 saturated carbocycles. The molecule has 0 aromatic heterocycles. The second kappa shape index (κ2) is 11.0. The van der Waals surface area contributed by atoms with Gasteiger partial charge in [0, 0.05) is 18.7 Å². The van der Waals surface area contributed by atoms with Crippen LogP contribution in [0.1, 0.15) is 41.8 Å². The predicted molar refractivity (Wildman–Crippen MR) is 159 cm³/mol. The van der Waals surface area contributed by atoms with Crippen LogP contribution in [0.5, 0.6) is 5.75 Å². The lowest BCUT2D eigenvalue weighted by molar-refractivity contribution is -0.127. The van der Waals surface area contributed by atoms with E-state index in [9.17, 15) is 29.7 Å². The zero-order chi connectivity index (χ0) is 30.6. The Hall–Kier alpha value is -3.95. The minimum atomic E-state index is -1.20. The normalized spacial score (nSPS) is 23.9. The van der Waals surface area contributed by atoms with E-state index in [1.165, 1.54) is 6.07 Å². The smallest absolute Gasteiger partial charge is 0.255 e. The number of carbonyl (C=O) groups is 3. The average Bonchev–Trinajstić information content (AvgIpc) is 2.87. The van der Waals surface area contributed by atoms with Crippen LogP contribution in [-0.4, -0.2) is 76.3 Å². The maximum Gasteiger partial charge on any atom is 0.255 e. The zero-order valence-electron chi connectivity index (χ0n) is 24.7. The number of ketones is 2. The fraction of sp³-hybridized carbons (Fsp3) is 0.424. The molecule has 2 aromatic carbocycles. The third-order valence-electron chi connectivity index (χ3n) is 8.82. The van der Waals surface area contributed by atoms with E-state index in [0.717, 1.165) is 29.8 Å². The van der Waals surface area contributed by atoms with Crippen LogP contribution < -0.4 is 5.73 Å². The first-order valence-electron chi connectivity index (χ1n) is 14.4. The Morgan fingerprint density at radius 3 is 2.40 bits per heavy atom. The number of likely N-dealkylation sites (N-methyl/N-ethyl adjacent to an activating group) is 1. The van der Waals surface area contributed by atoms with Crippen LogP contribution in [0.2, 0.25) is 0 Å². The molecule has 3 aliphatic carbocycles. The summed E-state index contributed by atoms with van der Waals surface area (Å²) in [6.45, 7) is 6.08. The number of phenolic OH excluding ortho intramolecular Hbond substituents is 1. The molecule has 42 heavy (non-hydrogen) atoms. The summed E-state index contributed by atoms with van der Waals surface area (Å²) < 4.78 is 0. The van der Waals surface area contributed by atoms with Crippen molar-refractivity contribution >= 4 is 17.5 Å². The number of primary amides is 1. The van der Waals surface area contributed by atoms with Gasteiger partial charge in [-0.3, -0.25) is 19.3 Å². The Morgan fingerprint density at radius 1 is 1.05 bits per heavy atom. The van der Waals surface area contributed by atoms with E-state index in [-0.39, 0.29) is 16.9 Å². The number of nitrogens with two attached hydrogens (primary N) is 1. The molecule has 2 aromatic rings. The number of allylic oxidation sites excluding steroid dienone is 2. The van der Waals surface area contributed by atoms with Crippen molar-refractivity contribution in [3.8, 4) is 16.9 Å². The molecule has 9 heteroatoms. The van der Waals surface area contributed by atoms with E-state index >= 15 is 0 Å². The van der Waals surface area contributed by atoms with Crippen LogP contribution in [0.15, 0.2) is 59.1 Å². The summed E-state index contributed by atoms with van der Waals surface area (Å²) in [5, 5.41) is 33.3. The van der Waals surface area contributed by atoms with Crippen molar-refractivity contribution < 1.29 is 29.7 Å². The van der Waals surface area contributed by atoms with Gasteiger partial charge in [0.05, 0.1) is 17.5 Å². The van der Waals surface area contributed by atoms with Gasteiger partial charge < -0.3 is 26.0 Å². The molecule has 0 radical (unpaired) electrons. The maximum absolute atomic E-state index is 14.0. The van der Waals surface area contributed by atoms with Gasteiger partial charge in [-0.05, 0) is 86.1 Å². The Labute approximate surface area is 245 Å². The number of aromatic hydroxyl groups is 1. The van der Waals surface area contributed by atoms with Crippen molar-refractivity contribution in [1.82, 2.24) is 9.80 Å². The number of aliphatic hydroxyl groups is 2. The summed E-state index contributed by atoms with van der Waals surface area (Å²) in [6, 6.07) is 10.7. The molecule has 4 unspecified atom stereocenters. The van der Waals surface area contributed by atoms with Crippen LogP contribution in [0, 0.1) is 23.7 Å². The molecule has 0 bridgehead atoms. The van der Waals surface area contributed by atoms with Gasteiger partial charge in [0.1, 0.15) is 22.8 Å². The van der Waals surface area contributed by atoms with Gasteiger partial charge >= 0.3 is 0 Å². The molecule has 0 heterocycles. The fourth-order valence-electron chi connectivity index (χ4n) is 7.38. The molecule has 1 amide bonds. The quantitative estimate of drug-likeness (QED) is 0.367. The summed E-state index contributed by atoms with van der Waals surface area (Å²) in [5.41, 5.74) is 8.67. The molecule has 222 valence electrons. The van der Waals surface area contributed by atoms with E-state index in [1.54, 1.807) is 19.0 Å².